The van der Waals surface area contributed by atoms with E-state index in [1.54, 1.807) is 25.5 Å². The predicted molar refractivity (Wildman–Crippen MR) is 140 cm³/mol. The SMILES string of the molecule is COc1cc(OCCCCCOc2ccc(C=NN)cc2)ccc1C(=O)N(C(C)C)C(C)C.Cl. The third-order valence-electron chi connectivity index (χ3n) is 5.18. The molecule has 34 heavy (non-hydrogen) atoms. The van der Waals surface area contributed by atoms with Gasteiger partial charge < -0.3 is 25.0 Å². The summed E-state index contributed by atoms with van der Waals surface area (Å²) in [5.41, 5.74) is 1.49. The molecule has 2 aromatic rings. The minimum Gasteiger partial charge on any atom is -0.496 e. The Morgan fingerprint density at radius 1 is 0.941 bits per heavy atom. The fourth-order valence-corrected chi connectivity index (χ4v) is 3.64. The molecule has 1 amide bonds. The molecule has 2 aromatic carbocycles. The van der Waals surface area contributed by atoms with Gasteiger partial charge in [0.25, 0.3) is 5.91 Å². The van der Waals surface area contributed by atoms with E-state index >= 15 is 0 Å². The first-order valence-electron chi connectivity index (χ1n) is 11.5. The van der Waals surface area contributed by atoms with Gasteiger partial charge in [-0.25, -0.2) is 0 Å². The third kappa shape index (κ3) is 8.78. The van der Waals surface area contributed by atoms with Crippen molar-refractivity contribution < 1.29 is 19.0 Å². The van der Waals surface area contributed by atoms with Crippen molar-refractivity contribution in [3.8, 4) is 17.2 Å². The smallest absolute Gasteiger partial charge is 0.258 e. The van der Waals surface area contributed by atoms with E-state index in [0.29, 0.717) is 30.3 Å². The van der Waals surface area contributed by atoms with Gasteiger partial charge in [-0.05, 0) is 88.9 Å². The van der Waals surface area contributed by atoms with Crippen LogP contribution in [0.1, 0.15) is 62.9 Å². The van der Waals surface area contributed by atoms with E-state index in [9.17, 15) is 4.79 Å². The number of methoxy groups -OCH3 is 1. The number of rotatable bonds is 13. The molecule has 0 radical (unpaired) electrons. The van der Waals surface area contributed by atoms with Crippen LogP contribution in [0.25, 0.3) is 0 Å². The van der Waals surface area contributed by atoms with Crippen LogP contribution in [0.3, 0.4) is 0 Å². The van der Waals surface area contributed by atoms with Crippen LogP contribution >= 0.6 is 12.4 Å². The summed E-state index contributed by atoms with van der Waals surface area (Å²) in [6.07, 6.45) is 4.43. The summed E-state index contributed by atoms with van der Waals surface area (Å²) in [5.74, 6) is 7.16. The number of amides is 1. The first-order chi connectivity index (χ1) is 15.9. The number of benzene rings is 2. The molecular weight excluding hydrogens is 454 g/mol. The number of carbonyl (C=O) groups excluding carboxylic acids is 1. The van der Waals surface area contributed by atoms with Crippen LogP contribution in [0.4, 0.5) is 0 Å². The van der Waals surface area contributed by atoms with Crippen molar-refractivity contribution in [2.75, 3.05) is 20.3 Å². The molecule has 188 valence electrons. The molecule has 0 fully saturated rings. The average molecular weight is 492 g/mol. The number of halogens is 1. The maximum Gasteiger partial charge on any atom is 0.258 e. The van der Waals surface area contributed by atoms with Gasteiger partial charge in [-0.3, -0.25) is 4.79 Å². The molecule has 2 N–H and O–H groups in total. The highest BCUT2D eigenvalue weighted by atomic mass is 35.5. The summed E-state index contributed by atoms with van der Waals surface area (Å²) in [4.78, 5) is 14.9. The van der Waals surface area contributed by atoms with E-state index in [2.05, 4.69) is 5.10 Å². The number of carbonyl (C=O) groups is 1. The molecule has 7 nitrogen and oxygen atoms in total. The lowest BCUT2D eigenvalue weighted by molar-refractivity contribution is 0.0640. The second-order valence-electron chi connectivity index (χ2n) is 8.37. The van der Waals surface area contributed by atoms with Gasteiger partial charge in [0.05, 0.1) is 32.1 Å². The molecule has 0 aromatic heterocycles. The Labute approximate surface area is 209 Å². The van der Waals surface area contributed by atoms with Gasteiger partial charge in [-0.15, -0.1) is 12.4 Å². The Balaban J connectivity index is 0.00000578. The van der Waals surface area contributed by atoms with Crippen LogP contribution in [0.5, 0.6) is 17.2 Å². The van der Waals surface area contributed by atoms with Crippen LogP contribution in [0.2, 0.25) is 0 Å². The normalized spacial score (nSPS) is 10.9. The van der Waals surface area contributed by atoms with Crippen molar-refractivity contribution in [2.24, 2.45) is 10.9 Å². The van der Waals surface area contributed by atoms with Crippen LogP contribution in [-0.4, -0.2) is 49.4 Å². The predicted octanol–water partition coefficient (Wildman–Crippen LogP) is 5.30. The van der Waals surface area contributed by atoms with Gasteiger partial charge in [0, 0.05) is 18.2 Å². The van der Waals surface area contributed by atoms with E-state index in [0.717, 1.165) is 30.6 Å². The number of ether oxygens (including phenoxy) is 3. The van der Waals surface area contributed by atoms with Gasteiger partial charge in [0.2, 0.25) is 0 Å². The Hall–Kier alpha value is -2.93. The maximum absolute atomic E-state index is 13.0. The molecule has 2 rings (SSSR count). The molecular formula is C26H38ClN3O4. The van der Waals surface area contributed by atoms with Crippen LogP contribution in [0, 0.1) is 0 Å². The Morgan fingerprint density at radius 3 is 2.03 bits per heavy atom. The standard InChI is InChI=1S/C26H37N3O4.ClH/c1-19(2)29(20(3)4)26(30)24-14-13-23(17-25(24)31-5)33-16-8-6-7-15-32-22-11-9-21(10-12-22)18-28-27;/h9-14,17-20H,6-8,15-16,27H2,1-5H3;1H. The van der Waals surface area contributed by atoms with Crippen LogP contribution in [0.15, 0.2) is 47.6 Å². The summed E-state index contributed by atoms with van der Waals surface area (Å²) < 4.78 is 17.1. The van der Waals surface area contributed by atoms with Crippen molar-refractivity contribution in [1.29, 1.82) is 0 Å². The van der Waals surface area contributed by atoms with Crippen molar-refractivity contribution in [1.82, 2.24) is 4.90 Å². The summed E-state index contributed by atoms with van der Waals surface area (Å²) >= 11 is 0. The number of hydrogen-bond acceptors (Lipinski definition) is 6. The van der Waals surface area contributed by atoms with Crippen molar-refractivity contribution >= 4 is 24.5 Å². The minimum atomic E-state index is -0.0365. The molecule has 0 aliphatic carbocycles. The van der Waals surface area contributed by atoms with Gasteiger partial charge in [-0.2, -0.15) is 5.10 Å². The number of nitrogens with zero attached hydrogens (tertiary/aromatic N) is 2. The Bertz CT molecular complexity index is 893. The molecule has 8 heteroatoms. The second-order valence-corrected chi connectivity index (χ2v) is 8.37. The first kappa shape index (κ1) is 29.1. The van der Waals surface area contributed by atoms with Crippen molar-refractivity contribution in [2.45, 2.75) is 59.0 Å². The summed E-state index contributed by atoms with van der Waals surface area (Å²) in [5, 5.41) is 3.50. The highest BCUT2D eigenvalue weighted by molar-refractivity contribution is 5.97. The molecule has 0 saturated carbocycles. The van der Waals surface area contributed by atoms with Gasteiger partial charge >= 0.3 is 0 Å². The topological polar surface area (TPSA) is 86.4 Å². The van der Waals surface area contributed by atoms with E-state index in [1.807, 2.05) is 62.9 Å². The molecule has 0 unspecified atom stereocenters. The highest BCUT2D eigenvalue weighted by Gasteiger charge is 2.24. The zero-order valence-electron chi connectivity index (χ0n) is 20.8. The largest absolute Gasteiger partial charge is 0.496 e. The number of unbranched alkanes of at least 4 members (excludes halogenated alkanes) is 2. The molecule has 0 aliphatic rings. The second kappa shape index (κ2) is 15.1. The quantitative estimate of drug-likeness (QED) is 0.178. The Kier molecular flexibility index (Phi) is 12.9. The van der Waals surface area contributed by atoms with E-state index in [4.69, 9.17) is 20.1 Å². The fourth-order valence-electron chi connectivity index (χ4n) is 3.64. The van der Waals surface area contributed by atoms with Crippen LogP contribution < -0.4 is 20.1 Å². The van der Waals surface area contributed by atoms with Gasteiger partial charge in [-0.1, -0.05) is 0 Å². The monoisotopic (exact) mass is 491 g/mol. The van der Waals surface area contributed by atoms with E-state index in [-0.39, 0.29) is 30.4 Å². The van der Waals surface area contributed by atoms with E-state index in [1.165, 1.54) is 0 Å². The zero-order valence-corrected chi connectivity index (χ0v) is 21.6. The maximum atomic E-state index is 13.0. The zero-order chi connectivity index (χ0) is 24.2. The molecule has 0 heterocycles. The van der Waals surface area contributed by atoms with Gasteiger partial charge in [0.15, 0.2) is 0 Å². The molecule has 0 atom stereocenters. The van der Waals surface area contributed by atoms with Crippen molar-refractivity contribution in [3.05, 3.63) is 53.6 Å². The minimum absolute atomic E-state index is 0. The lowest BCUT2D eigenvalue weighted by Crippen LogP contribution is -2.42. The third-order valence-corrected chi connectivity index (χ3v) is 5.18. The molecule has 0 bridgehead atoms. The lowest BCUT2D eigenvalue weighted by Gasteiger charge is -2.31. The average Bonchev–Trinajstić information content (AvgIpc) is 2.79. The number of hydrogen-bond donors (Lipinski definition) is 1. The molecule has 0 aliphatic heterocycles. The molecule has 0 saturated heterocycles. The summed E-state index contributed by atoms with van der Waals surface area (Å²) in [6, 6.07) is 13.2. The fraction of sp³-hybridized carbons (Fsp3) is 0.462. The van der Waals surface area contributed by atoms with Crippen LogP contribution in [-0.2, 0) is 0 Å². The van der Waals surface area contributed by atoms with Crippen molar-refractivity contribution in [3.63, 3.8) is 0 Å². The molecule has 0 spiro atoms. The lowest BCUT2D eigenvalue weighted by atomic mass is 10.1. The number of hydrazone groups is 1. The van der Waals surface area contributed by atoms with Gasteiger partial charge in [0.1, 0.15) is 17.2 Å². The van der Waals surface area contributed by atoms with E-state index < -0.39 is 0 Å². The first-order valence-corrected chi connectivity index (χ1v) is 11.5. The Morgan fingerprint density at radius 2 is 1.50 bits per heavy atom. The number of nitrogens with two attached hydrogens (primary N) is 1. The summed E-state index contributed by atoms with van der Waals surface area (Å²) in [7, 11) is 1.57. The summed E-state index contributed by atoms with van der Waals surface area (Å²) in [6.45, 7) is 9.30. The highest BCUT2D eigenvalue weighted by Crippen LogP contribution is 2.27.